The van der Waals surface area contributed by atoms with Gasteiger partial charge in [0.15, 0.2) is 0 Å². The molecular formula is C16H20N4O2. The zero-order valence-electron chi connectivity index (χ0n) is 13.0. The molecule has 116 valence electrons. The van der Waals surface area contributed by atoms with Crippen LogP contribution in [0.5, 0.6) is 0 Å². The number of carbonyl (C=O) groups excluding carboxylic acids is 2. The Bertz CT molecular complexity index is 706. The van der Waals surface area contributed by atoms with Crippen molar-refractivity contribution < 1.29 is 9.59 Å². The molecule has 3 N–H and O–H groups in total. The van der Waals surface area contributed by atoms with E-state index < -0.39 is 11.9 Å². The van der Waals surface area contributed by atoms with Crippen molar-refractivity contribution in [1.82, 2.24) is 15.1 Å². The van der Waals surface area contributed by atoms with Crippen LogP contribution in [0.15, 0.2) is 30.3 Å². The largest absolute Gasteiger partial charge is 0.368 e. The number of aromatic nitrogens is 2. The van der Waals surface area contributed by atoms with Crippen LogP contribution in [0.3, 0.4) is 0 Å². The molecule has 0 saturated heterocycles. The Morgan fingerprint density at radius 2 is 2.05 bits per heavy atom. The molecule has 0 aliphatic rings. The lowest BCUT2D eigenvalue weighted by Crippen LogP contribution is -2.42. The minimum absolute atomic E-state index is 0.318. The maximum Gasteiger partial charge on any atom is 0.251 e. The summed E-state index contributed by atoms with van der Waals surface area (Å²) in [5, 5.41) is 6.97. The van der Waals surface area contributed by atoms with Gasteiger partial charge < -0.3 is 11.1 Å². The average molecular weight is 300 g/mol. The second-order valence-corrected chi connectivity index (χ2v) is 5.38. The minimum atomic E-state index is -0.702. The first kappa shape index (κ1) is 15.8. The Hall–Kier alpha value is -2.63. The van der Waals surface area contributed by atoms with Crippen LogP contribution in [-0.2, 0) is 11.3 Å². The normalized spacial score (nSPS) is 12.0. The van der Waals surface area contributed by atoms with E-state index in [0.717, 1.165) is 17.0 Å². The molecule has 1 heterocycles. The number of rotatable bonds is 5. The van der Waals surface area contributed by atoms with Crippen LogP contribution in [0.2, 0.25) is 0 Å². The Morgan fingerprint density at radius 1 is 1.32 bits per heavy atom. The lowest BCUT2D eigenvalue weighted by molar-refractivity contribution is -0.119. The molecule has 0 aliphatic carbocycles. The van der Waals surface area contributed by atoms with E-state index in [1.165, 1.54) is 0 Å². The summed E-state index contributed by atoms with van der Waals surface area (Å²) in [6, 6.07) is 8.54. The van der Waals surface area contributed by atoms with Gasteiger partial charge in [0.25, 0.3) is 5.91 Å². The fourth-order valence-electron chi connectivity index (χ4n) is 2.17. The zero-order valence-corrected chi connectivity index (χ0v) is 13.0. The highest BCUT2D eigenvalue weighted by atomic mass is 16.2. The molecule has 6 nitrogen and oxygen atoms in total. The molecule has 0 radical (unpaired) electrons. The van der Waals surface area contributed by atoms with Crippen LogP contribution in [-0.4, -0.2) is 27.6 Å². The van der Waals surface area contributed by atoms with E-state index >= 15 is 0 Å². The number of nitrogens with zero attached hydrogens (tertiary/aromatic N) is 2. The monoisotopic (exact) mass is 300 g/mol. The fraction of sp³-hybridized carbons (Fsp3) is 0.312. The number of benzene rings is 1. The van der Waals surface area contributed by atoms with Gasteiger partial charge in [-0.1, -0.05) is 12.1 Å². The van der Waals surface area contributed by atoms with Crippen LogP contribution in [0, 0.1) is 13.8 Å². The van der Waals surface area contributed by atoms with Crippen LogP contribution in [0.25, 0.3) is 0 Å². The minimum Gasteiger partial charge on any atom is -0.368 e. The van der Waals surface area contributed by atoms with Crippen molar-refractivity contribution in [1.29, 1.82) is 0 Å². The summed E-state index contributed by atoms with van der Waals surface area (Å²) in [6.07, 6.45) is 0. The third kappa shape index (κ3) is 3.72. The molecule has 22 heavy (non-hydrogen) atoms. The molecular weight excluding hydrogens is 280 g/mol. The number of hydrogen-bond donors (Lipinski definition) is 2. The van der Waals surface area contributed by atoms with Gasteiger partial charge in [-0.15, -0.1) is 0 Å². The molecule has 1 aromatic carbocycles. The van der Waals surface area contributed by atoms with E-state index in [-0.39, 0.29) is 5.91 Å². The number of hydrogen-bond acceptors (Lipinski definition) is 3. The number of nitrogens with one attached hydrogen (secondary N) is 1. The molecule has 0 fully saturated rings. The summed E-state index contributed by atoms with van der Waals surface area (Å²) in [5.74, 6) is -0.881. The first-order valence-electron chi connectivity index (χ1n) is 7.07. The second-order valence-electron chi connectivity index (χ2n) is 5.38. The van der Waals surface area contributed by atoms with Crippen LogP contribution >= 0.6 is 0 Å². The second kappa shape index (κ2) is 6.43. The molecule has 1 atom stereocenters. The molecule has 0 unspecified atom stereocenters. The summed E-state index contributed by atoms with van der Waals surface area (Å²) in [5.41, 5.74) is 8.63. The van der Waals surface area contributed by atoms with Gasteiger partial charge in [0.05, 0.1) is 12.2 Å². The molecule has 2 rings (SSSR count). The summed E-state index contributed by atoms with van der Waals surface area (Å²) < 4.78 is 1.89. The predicted molar refractivity (Wildman–Crippen MR) is 83.4 cm³/mol. The SMILES string of the molecule is Cc1cc(C)n(Cc2cccc(C(=O)N[C@H](C)C(N)=O)c2)n1. The summed E-state index contributed by atoms with van der Waals surface area (Å²) in [4.78, 5) is 23.1. The number of primary amides is 1. The van der Waals surface area contributed by atoms with Crippen molar-refractivity contribution in [2.45, 2.75) is 33.4 Å². The smallest absolute Gasteiger partial charge is 0.251 e. The molecule has 6 heteroatoms. The first-order chi connectivity index (χ1) is 10.4. The Kier molecular flexibility index (Phi) is 4.60. The van der Waals surface area contributed by atoms with Gasteiger partial charge in [-0.25, -0.2) is 0 Å². The van der Waals surface area contributed by atoms with Crippen molar-refractivity contribution in [2.24, 2.45) is 5.73 Å². The third-order valence-electron chi connectivity index (χ3n) is 3.40. The van der Waals surface area contributed by atoms with Gasteiger partial charge in [0.1, 0.15) is 6.04 Å². The van der Waals surface area contributed by atoms with Crippen molar-refractivity contribution in [3.05, 3.63) is 52.8 Å². The summed E-state index contributed by atoms with van der Waals surface area (Å²) >= 11 is 0. The van der Waals surface area contributed by atoms with E-state index in [0.29, 0.717) is 12.1 Å². The van der Waals surface area contributed by atoms with Crippen LogP contribution in [0.4, 0.5) is 0 Å². The van der Waals surface area contributed by atoms with E-state index in [2.05, 4.69) is 10.4 Å². The number of carbonyl (C=O) groups is 2. The van der Waals surface area contributed by atoms with E-state index in [1.807, 2.05) is 36.7 Å². The molecule has 0 saturated carbocycles. The van der Waals surface area contributed by atoms with Crippen molar-refractivity contribution in [3.63, 3.8) is 0 Å². The maximum atomic E-state index is 12.1. The molecule has 0 spiro atoms. The van der Waals surface area contributed by atoms with Gasteiger partial charge in [0.2, 0.25) is 5.91 Å². The number of nitrogens with two attached hydrogens (primary N) is 1. The van der Waals surface area contributed by atoms with Crippen molar-refractivity contribution >= 4 is 11.8 Å². The Labute approximate surface area is 129 Å². The molecule has 2 aromatic rings. The average Bonchev–Trinajstić information content (AvgIpc) is 2.77. The number of aryl methyl sites for hydroxylation is 2. The van der Waals surface area contributed by atoms with Gasteiger partial charge in [-0.2, -0.15) is 5.10 Å². The summed E-state index contributed by atoms with van der Waals surface area (Å²) in [6.45, 7) is 6.08. The van der Waals surface area contributed by atoms with Crippen molar-refractivity contribution in [3.8, 4) is 0 Å². The quantitative estimate of drug-likeness (QED) is 0.868. The first-order valence-corrected chi connectivity index (χ1v) is 7.07. The molecule has 1 aromatic heterocycles. The van der Waals surface area contributed by atoms with Gasteiger partial charge in [-0.3, -0.25) is 14.3 Å². The molecule has 2 amide bonds. The van der Waals surface area contributed by atoms with Crippen LogP contribution in [0.1, 0.15) is 34.2 Å². The molecule has 0 aliphatic heterocycles. The predicted octanol–water partition coefficient (Wildman–Crippen LogP) is 1.15. The van der Waals surface area contributed by atoms with E-state index in [1.54, 1.807) is 19.1 Å². The highest BCUT2D eigenvalue weighted by molar-refractivity contribution is 5.97. The lowest BCUT2D eigenvalue weighted by Gasteiger charge is -2.11. The Morgan fingerprint density at radius 3 is 2.64 bits per heavy atom. The van der Waals surface area contributed by atoms with E-state index in [9.17, 15) is 9.59 Å². The van der Waals surface area contributed by atoms with Gasteiger partial charge in [-0.05, 0) is 44.5 Å². The number of amides is 2. The highest BCUT2D eigenvalue weighted by Gasteiger charge is 2.14. The maximum absolute atomic E-state index is 12.1. The highest BCUT2D eigenvalue weighted by Crippen LogP contribution is 2.10. The lowest BCUT2D eigenvalue weighted by atomic mass is 10.1. The third-order valence-corrected chi connectivity index (χ3v) is 3.40. The fourth-order valence-corrected chi connectivity index (χ4v) is 2.17. The molecule has 0 bridgehead atoms. The Balaban J connectivity index is 2.14. The van der Waals surface area contributed by atoms with Crippen molar-refractivity contribution in [2.75, 3.05) is 0 Å². The van der Waals surface area contributed by atoms with Gasteiger partial charge >= 0.3 is 0 Å². The topological polar surface area (TPSA) is 90.0 Å². The van der Waals surface area contributed by atoms with Crippen LogP contribution < -0.4 is 11.1 Å². The van der Waals surface area contributed by atoms with E-state index in [4.69, 9.17) is 5.73 Å². The van der Waals surface area contributed by atoms with Gasteiger partial charge in [0, 0.05) is 11.3 Å². The standard InChI is InChI=1S/C16H20N4O2/c1-10-7-11(2)20(19-10)9-13-5-4-6-14(8-13)16(22)18-12(3)15(17)21/h4-8,12H,9H2,1-3H3,(H2,17,21)(H,18,22)/t12-/m1/s1. The summed E-state index contributed by atoms with van der Waals surface area (Å²) in [7, 11) is 0. The zero-order chi connectivity index (χ0) is 16.3.